The predicted octanol–water partition coefficient (Wildman–Crippen LogP) is 3.44. The first-order chi connectivity index (χ1) is 14.0. The van der Waals surface area contributed by atoms with E-state index >= 15 is 0 Å². The van der Waals surface area contributed by atoms with Crippen molar-refractivity contribution in [1.29, 1.82) is 0 Å². The van der Waals surface area contributed by atoms with Crippen LogP contribution in [0.4, 0.5) is 0 Å². The molecule has 0 aliphatic heterocycles. The van der Waals surface area contributed by atoms with Crippen LogP contribution in [-0.2, 0) is 10.4 Å². The van der Waals surface area contributed by atoms with Gasteiger partial charge < -0.3 is 14.9 Å². The van der Waals surface area contributed by atoms with Crippen LogP contribution in [0.2, 0.25) is 5.02 Å². The Labute approximate surface area is 173 Å². The highest BCUT2D eigenvalue weighted by Gasteiger charge is 2.39. The van der Waals surface area contributed by atoms with Crippen molar-refractivity contribution < 1.29 is 19.7 Å². The molecular weight excluding hydrogens is 392 g/mol. The Morgan fingerprint density at radius 2 is 1.62 bits per heavy atom. The highest BCUT2D eigenvalue weighted by Crippen LogP contribution is 2.32. The van der Waals surface area contributed by atoms with Crippen molar-refractivity contribution in [2.45, 2.75) is 5.60 Å². The highest BCUT2D eigenvalue weighted by molar-refractivity contribution is 6.31. The van der Waals surface area contributed by atoms with Crippen LogP contribution in [0.15, 0.2) is 77.9 Å². The molecule has 0 bridgehead atoms. The van der Waals surface area contributed by atoms with Gasteiger partial charge in [0.1, 0.15) is 0 Å². The van der Waals surface area contributed by atoms with E-state index in [1.165, 1.54) is 25.5 Å². The summed E-state index contributed by atoms with van der Waals surface area (Å²) < 4.78 is 5.04. The number of methoxy groups -OCH3 is 1. The van der Waals surface area contributed by atoms with Crippen molar-refractivity contribution in [3.05, 3.63) is 94.5 Å². The van der Waals surface area contributed by atoms with Gasteiger partial charge in [-0.3, -0.25) is 4.79 Å². The van der Waals surface area contributed by atoms with Gasteiger partial charge >= 0.3 is 0 Å². The van der Waals surface area contributed by atoms with Crippen LogP contribution in [0.3, 0.4) is 0 Å². The summed E-state index contributed by atoms with van der Waals surface area (Å²) in [6, 6.07) is 20.1. The van der Waals surface area contributed by atoms with Crippen molar-refractivity contribution in [3.63, 3.8) is 0 Å². The Balaban J connectivity index is 1.91. The van der Waals surface area contributed by atoms with Crippen LogP contribution in [0, 0.1) is 0 Å². The zero-order valence-corrected chi connectivity index (χ0v) is 16.3. The zero-order valence-electron chi connectivity index (χ0n) is 15.5. The maximum Gasteiger partial charge on any atom is 0.281 e. The molecule has 1 amide bonds. The smallest absolute Gasteiger partial charge is 0.281 e. The van der Waals surface area contributed by atoms with E-state index in [1.54, 1.807) is 60.7 Å². The third kappa shape index (κ3) is 4.23. The number of phenolic OH excluding ortho intramolecular Hbond substituents is 1. The molecule has 0 saturated carbocycles. The van der Waals surface area contributed by atoms with Gasteiger partial charge in [-0.25, -0.2) is 5.43 Å². The molecule has 0 aromatic heterocycles. The summed E-state index contributed by atoms with van der Waals surface area (Å²) in [5.74, 6) is -0.744. The summed E-state index contributed by atoms with van der Waals surface area (Å²) in [5, 5.41) is 25.7. The van der Waals surface area contributed by atoms with Gasteiger partial charge in [0.05, 0.1) is 13.3 Å². The average molecular weight is 411 g/mol. The normalized spacial score (nSPS) is 11.4. The molecule has 0 atom stereocenters. The van der Waals surface area contributed by atoms with Crippen molar-refractivity contribution in [2.75, 3.05) is 7.11 Å². The van der Waals surface area contributed by atoms with Crippen LogP contribution < -0.4 is 10.2 Å². The fourth-order valence-corrected chi connectivity index (χ4v) is 3.09. The molecule has 3 rings (SSSR count). The third-order valence-corrected chi connectivity index (χ3v) is 4.59. The lowest BCUT2D eigenvalue weighted by molar-refractivity contribution is -0.136. The first kappa shape index (κ1) is 20.4. The Morgan fingerprint density at radius 1 is 1.07 bits per heavy atom. The molecule has 0 unspecified atom stereocenters. The first-order valence-corrected chi connectivity index (χ1v) is 9.08. The molecule has 0 fully saturated rings. The van der Waals surface area contributed by atoms with Gasteiger partial charge in [0.25, 0.3) is 5.91 Å². The van der Waals surface area contributed by atoms with Gasteiger partial charge in [0, 0.05) is 16.7 Å². The number of hydrogen-bond donors (Lipinski definition) is 3. The van der Waals surface area contributed by atoms with Gasteiger partial charge in [-0.15, -0.1) is 0 Å². The van der Waals surface area contributed by atoms with E-state index in [2.05, 4.69) is 10.5 Å². The zero-order chi connectivity index (χ0) is 20.9. The maximum atomic E-state index is 12.9. The minimum absolute atomic E-state index is 0.170. The number of halogens is 1. The van der Waals surface area contributed by atoms with Crippen LogP contribution in [0.25, 0.3) is 0 Å². The number of hydrazone groups is 1. The lowest BCUT2D eigenvalue weighted by atomic mass is 9.85. The lowest BCUT2D eigenvalue weighted by Gasteiger charge is -2.27. The highest BCUT2D eigenvalue weighted by atomic mass is 35.5. The summed E-state index contributed by atoms with van der Waals surface area (Å²) in [4.78, 5) is 12.9. The molecule has 148 valence electrons. The van der Waals surface area contributed by atoms with E-state index in [9.17, 15) is 15.0 Å². The first-order valence-electron chi connectivity index (χ1n) is 8.70. The van der Waals surface area contributed by atoms with Crippen molar-refractivity contribution >= 4 is 23.7 Å². The molecule has 0 radical (unpaired) electrons. The summed E-state index contributed by atoms with van der Waals surface area (Å²) in [7, 11) is 1.40. The van der Waals surface area contributed by atoms with Crippen LogP contribution >= 0.6 is 11.6 Å². The van der Waals surface area contributed by atoms with E-state index in [1.807, 2.05) is 0 Å². The molecule has 3 aromatic rings. The Hall–Kier alpha value is -3.35. The minimum Gasteiger partial charge on any atom is -0.504 e. The van der Waals surface area contributed by atoms with E-state index in [0.717, 1.165) is 0 Å². The summed E-state index contributed by atoms with van der Waals surface area (Å²) in [6.07, 6.45) is 1.22. The van der Waals surface area contributed by atoms with Crippen molar-refractivity contribution in [2.24, 2.45) is 5.10 Å². The number of carbonyl (C=O) groups excluding carboxylic acids is 1. The number of amides is 1. The number of nitrogens with zero attached hydrogens (tertiary/aromatic N) is 1. The van der Waals surface area contributed by atoms with Gasteiger partial charge in [-0.1, -0.05) is 72.3 Å². The number of phenols is 1. The predicted molar refractivity (Wildman–Crippen MR) is 111 cm³/mol. The Bertz CT molecular complexity index is 984. The second-order valence-corrected chi connectivity index (χ2v) is 6.62. The number of rotatable bonds is 6. The van der Waals surface area contributed by atoms with Gasteiger partial charge in [0.2, 0.25) is 0 Å². The van der Waals surface area contributed by atoms with E-state index in [0.29, 0.717) is 16.1 Å². The number of aromatic hydroxyl groups is 1. The number of benzene rings is 3. The van der Waals surface area contributed by atoms with Gasteiger partial charge in [-0.05, 0) is 17.2 Å². The molecule has 0 saturated heterocycles. The second-order valence-electron chi connectivity index (χ2n) is 6.19. The fraction of sp³-hybridized carbons (Fsp3) is 0.0909. The Morgan fingerprint density at radius 3 is 2.14 bits per heavy atom. The summed E-state index contributed by atoms with van der Waals surface area (Å²) in [6.45, 7) is 0. The molecule has 3 N–H and O–H groups in total. The number of nitrogens with one attached hydrogen (secondary N) is 1. The molecule has 3 aromatic carbocycles. The molecule has 0 heterocycles. The number of carbonyl (C=O) groups is 1. The molecule has 0 spiro atoms. The minimum atomic E-state index is -1.95. The Kier molecular flexibility index (Phi) is 6.16. The number of aliphatic hydroxyl groups is 1. The summed E-state index contributed by atoms with van der Waals surface area (Å²) >= 11 is 5.99. The largest absolute Gasteiger partial charge is 0.504 e. The van der Waals surface area contributed by atoms with Crippen LogP contribution in [-0.4, -0.2) is 29.4 Å². The monoisotopic (exact) mass is 410 g/mol. The number of hydrogen-bond acceptors (Lipinski definition) is 5. The lowest BCUT2D eigenvalue weighted by Crippen LogP contribution is -2.43. The molecule has 6 nitrogen and oxygen atoms in total. The SMILES string of the molecule is COc1cc(Cl)cc(C=NNC(=O)C(O)(c2ccccc2)c2ccccc2)c1O. The molecule has 0 aliphatic carbocycles. The van der Waals surface area contributed by atoms with Crippen molar-refractivity contribution in [3.8, 4) is 11.5 Å². The van der Waals surface area contributed by atoms with Crippen molar-refractivity contribution in [1.82, 2.24) is 5.43 Å². The maximum absolute atomic E-state index is 12.9. The van der Waals surface area contributed by atoms with E-state index in [4.69, 9.17) is 16.3 Å². The standard InChI is InChI=1S/C22H19ClN2O4/c1-29-19-13-18(23)12-15(20(19)26)14-24-25-21(27)22(28,16-8-4-2-5-9-16)17-10-6-3-7-11-17/h2-14,26,28H,1H3,(H,25,27). The average Bonchev–Trinajstić information content (AvgIpc) is 2.76. The molecule has 7 heteroatoms. The molecule has 29 heavy (non-hydrogen) atoms. The van der Waals surface area contributed by atoms with Crippen LogP contribution in [0.1, 0.15) is 16.7 Å². The molecular formula is C22H19ClN2O4. The van der Waals surface area contributed by atoms with E-state index in [-0.39, 0.29) is 17.1 Å². The van der Waals surface area contributed by atoms with Gasteiger partial charge in [0.15, 0.2) is 17.1 Å². The quantitative estimate of drug-likeness (QED) is 0.429. The number of ether oxygens (including phenoxy) is 1. The summed E-state index contributed by atoms with van der Waals surface area (Å²) in [5.41, 5.74) is 1.42. The second kappa shape index (κ2) is 8.77. The van der Waals surface area contributed by atoms with Gasteiger partial charge in [-0.2, -0.15) is 5.10 Å². The topological polar surface area (TPSA) is 91.2 Å². The van der Waals surface area contributed by atoms with Crippen LogP contribution in [0.5, 0.6) is 11.5 Å². The van der Waals surface area contributed by atoms with E-state index < -0.39 is 11.5 Å². The molecule has 0 aliphatic rings. The fourth-order valence-electron chi connectivity index (χ4n) is 2.88. The third-order valence-electron chi connectivity index (χ3n) is 4.37.